The van der Waals surface area contributed by atoms with Crippen LogP contribution >= 0.6 is 0 Å². The standard InChI is InChI=1S/C24H27N5O/c1-19-6-5-7-20(16-19)10-11-23(30)27-21-17-25-24(26-18-21)29-14-12-28(13-15-29)22-8-3-2-4-9-22/h2-9,16-18H,10-15H2,1H3,(H,27,30). The third kappa shape index (κ3) is 5.14. The summed E-state index contributed by atoms with van der Waals surface area (Å²) in [6.07, 6.45) is 4.54. The molecular formula is C24H27N5O. The fourth-order valence-electron chi connectivity index (χ4n) is 3.70. The first-order valence-electron chi connectivity index (χ1n) is 10.4. The second-order valence-corrected chi connectivity index (χ2v) is 7.62. The van der Waals surface area contributed by atoms with Crippen LogP contribution in [-0.2, 0) is 11.2 Å². The first-order valence-corrected chi connectivity index (χ1v) is 10.4. The lowest BCUT2D eigenvalue weighted by Gasteiger charge is -2.36. The van der Waals surface area contributed by atoms with Gasteiger partial charge in [-0.15, -0.1) is 0 Å². The Labute approximate surface area is 177 Å². The minimum atomic E-state index is -0.0238. The van der Waals surface area contributed by atoms with Crippen molar-refractivity contribution in [3.05, 3.63) is 78.1 Å². The molecule has 1 aromatic heterocycles. The van der Waals surface area contributed by atoms with E-state index >= 15 is 0 Å². The van der Waals surface area contributed by atoms with Crippen LogP contribution in [-0.4, -0.2) is 42.1 Å². The number of benzene rings is 2. The summed E-state index contributed by atoms with van der Waals surface area (Å²) in [5.41, 5.74) is 4.27. The van der Waals surface area contributed by atoms with Gasteiger partial charge in [0, 0.05) is 38.3 Å². The molecule has 3 aromatic rings. The summed E-state index contributed by atoms with van der Waals surface area (Å²) in [4.78, 5) is 25.7. The average molecular weight is 402 g/mol. The van der Waals surface area contributed by atoms with Crippen LogP contribution in [0.5, 0.6) is 0 Å². The number of nitrogens with zero attached hydrogens (tertiary/aromatic N) is 4. The van der Waals surface area contributed by atoms with Crippen LogP contribution in [0.2, 0.25) is 0 Å². The van der Waals surface area contributed by atoms with Gasteiger partial charge in [0.05, 0.1) is 18.1 Å². The molecule has 30 heavy (non-hydrogen) atoms. The summed E-state index contributed by atoms with van der Waals surface area (Å²) < 4.78 is 0. The molecule has 1 saturated heterocycles. The summed E-state index contributed by atoms with van der Waals surface area (Å²) >= 11 is 0. The van der Waals surface area contributed by atoms with Gasteiger partial charge in [-0.25, -0.2) is 9.97 Å². The number of piperazine rings is 1. The van der Waals surface area contributed by atoms with Crippen molar-refractivity contribution >= 4 is 23.2 Å². The van der Waals surface area contributed by atoms with Crippen molar-refractivity contribution in [2.24, 2.45) is 0 Å². The van der Waals surface area contributed by atoms with E-state index in [1.54, 1.807) is 12.4 Å². The molecule has 0 bridgehead atoms. The largest absolute Gasteiger partial charge is 0.368 e. The van der Waals surface area contributed by atoms with Crippen LogP contribution in [0.1, 0.15) is 17.5 Å². The van der Waals surface area contributed by atoms with Crippen LogP contribution in [0, 0.1) is 6.92 Å². The molecule has 1 N–H and O–H groups in total. The molecule has 1 amide bonds. The number of para-hydroxylation sites is 1. The highest BCUT2D eigenvalue weighted by Crippen LogP contribution is 2.18. The molecule has 2 aromatic carbocycles. The summed E-state index contributed by atoms with van der Waals surface area (Å²) in [6.45, 7) is 5.67. The predicted molar refractivity (Wildman–Crippen MR) is 121 cm³/mol. The summed E-state index contributed by atoms with van der Waals surface area (Å²) in [5.74, 6) is 0.685. The molecular weight excluding hydrogens is 374 g/mol. The second kappa shape index (κ2) is 9.39. The Morgan fingerprint density at radius 3 is 2.33 bits per heavy atom. The number of carbonyl (C=O) groups is 1. The zero-order valence-electron chi connectivity index (χ0n) is 17.3. The third-order valence-electron chi connectivity index (χ3n) is 5.33. The quantitative estimate of drug-likeness (QED) is 0.683. The van der Waals surface area contributed by atoms with Crippen LogP contribution in [0.4, 0.5) is 17.3 Å². The smallest absolute Gasteiger partial charge is 0.225 e. The van der Waals surface area contributed by atoms with E-state index in [1.165, 1.54) is 16.8 Å². The molecule has 1 fully saturated rings. The molecule has 6 heteroatoms. The lowest BCUT2D eigenvalue weighted by Crippen LogP contribution is -2.47. The van der Waals surface area contributed by atoms with Gasteiger partial charge in [-0.05, 0) is 31.0 Å². The summed E-state index contributed by atoms with van der Waals surface area (Å²) in [5, 5.41) is 2.89. The zero-order chi connectivity index (χ0) is 20.8. The van der Waals surface area contributed by atoms with Gasteiger partial charge in [0.15, 0.2) is 0 Å². The van der Waals surface area contributed by atoms with Gasteiger partial charge in [-0.3, -0.25) is 4.79 Å². The van der Waals surface area contributed by atoms with Crippen molar-refractivity contribution in [2.75, 3.05) is 41.3 Å². The van der Waals surface area contributed by atoms with E-state index in [0.29, 0.717) is 18.1 Å². The maximum Gasteiger partial charge on any atom is 0.225 e. The van der Waals surface area contributed by atoms with Crippen LogP contribution < -0.4 is 15.1 Å². The Bertz CT molecular complexity index is 966. The SMILES string of the molecule is Cc1cccc(CCC(=O)Nc2cnc(N3CCN(c4ccccc4)CC3)nc2)c1. The fraction of sp³-hybridized carbons (Fsp3) is 0.292. The van der Waals surface area contributed by atoms with E-state index in [-0.39, 0.29) is 5.91 Å². The van der Waals surface area contributed by atoms with Gasteiger partial charge in [-0.1, -0.05) is 48.0 Å². The molecule has 1 aliphatic heterocycles. The molecule has 0 saturated carbocycles. The Morgan fingerprint density at radius 2 is 1.63 bits per heavy atom. The van der Waals surface area contributed by atoms with Crippen molar-refractivity contribution in [3.63, 3.8) is 0 Å². The number of anilines is 3. The highest BCUT2D eigenvalue weighted by Gasteiger charge is 2.19. The molecule has 0 spiro atoms. The number of hydrogen-bond donors (Lipinski definition) is 1. The van der Waals surface area contributed by atoms with Crippen molar-refractivity contribution in [2.45, 2.75) is 19.8 Å². The molecule has 154 valence electrons. The van der Waals surface area contributed by atoms with Gasteiger partial charge in [0.1, 0.15) is 0 Å². The molecule has 0 atom stereocenters. The number of hydrogen-bond acceptors (Lipinski definition) is 5. The number of carbonyl (C=O) groups excluding carboxylic acids is 1. The molecule has 6 nitrogen and oxygen atoms in total. The summed E-state index contributed by atoms with van der Waals surface area (Å²) in [6, 6.07) is 18.7. The predicted octanol–water partition coefficient (Wildman–Crippen LogP) is 3.68. The van der Waals surface area contributed by atoms with Crippen LogP contribution in [0.15, 0.2) is 67.0 Å². The van der Waals surface area contributed by atoms with E-state index in [1.807, 2.05) is 12.1 Å². The fourth-order valence-corrected chi connectivity index (χ4v) is 3.70. The highest BCUT2D eigenvalue weighted by atomic mass is 16.1. The zero-order valence-corrected chi connectivity index (χ0v) is 17.3. The Balaban J connectivity index is 1.26. The Kier molecular flexibility index (Phi) is 6.23. The topological polar surface area (TPSA) is 61.4 Å². The first-order chi connectivity index (χ1) is 14.7. The molecule has 1 aliphatic rings. The minimum Gasteiger partial charge on any atom is -0.368 e. The number of nitrogens with one attached hydrogen (secondary N) is 1. The van der Waals surface area contributed by atoms with Crippen molar-refractivity contribution < 1.29 is 4.79 Å². The Morgan fingerprint density at radius 1 is 0.933 bits per heavy atom. The third-order valence-corrected chi connectivity index (χ3v) is 5.33. The number of aryl methyl sites for hydroxylation is 2. The highest BCUT2D eigenvalue weighted by molar-refractivity contribution is 5.90. The second-order valence-electron chi connectivity index (χ2n) is 7.62. The maximum absolute atomic E-state index is 12.2. The lowest BCUT2D eigenvalue weighted by molar-refractivity contribution is -0.116. The molecule has 0 radical (unpaired) electrons. The minimum absolute atomic E-state index is 0.0238. The van der Waals surface area contributed by atoms with Gasteiger partial charge >= 0.3 is 0 Å². The van der Waals surface area contributed by atoms with Gasteiger partial charge in [-0.2, -0.15) is 0 Å². The first kappa shape index (κ1) is 19.9. The Hall–Kier alpha value is -3.41. The lowest BCUT2D eigenvalue weighted by atomic mass is 10.1. The molecule has 0 aliphatic carbocycles. The average Bonchev–Trinajstić information content (AvgIpc) is 2.79. The monoisotopic (exact) mass is 401 g/mol. The van der Waals surface area contributed by atoms with Gasteiger partial charge in [0.2, 0.25) is 11.9 Å². The van der Waals surface area contributed by atoms with E-state index < -0.39 is 0 Å². The van der Waals surface area contributed by atoms with E-state index in [0.717, 1.165) is 32.6 Å². The number of aromatic nitrogens is 2. The van der Waals surface area contributed by atoms with Crippen LogP contribution in [0.25, 0.3) is 0 Å². The molecule has 2 heterocycles. The number of amides is 1. The van der Waals surface area contributed by atoms with E-state index in [2.05, 4.69) is 74.5 Å². The van der Waals surface area contributed by atoms with Crippen LogP contribution in [0.3, 0.4) is 0 Å². The summed E-state index contributed by atoms with van der Waals surface area (Å²) in [7, 11) is 0. The van der Waals surface area contributed by atoms with Crippen molar-refractivity contribution in [1.29, 1.82) is 0 Å². The van der Waals surface area contributed by atoms with E-state index in [4.69, 9.17) is 0 Å². The van der Waals surface area contributed by atoms with Gasteiger partial charge < -0.3 is 15.1 Å². The van der Waals surface area contributed by atoms with Crippen molar-refractivity contribution in [1.82, 2.24) is 9.97 Å². The molecule has 4 rings (SSSR count). The van der Waals surface area contributed by atoms with Crippen molar-refractivity contribution in [3.8, 4) is 0 Å². The normalized spacial score (nSPS) is 13.9. The number of rotatable bonds is 6. The van der Waals surface area contributed by atoms with Gasteiger partial charge in [0.25, 0.3) is 0 Å². The maximum atomic E-state index is 12.2. The van der Waals surface area contributed by atoms with E-state index in [9.17, 15) is 4.79 Å². The molecule has 0 unspecified atom stereocenters.